The summed E-state index contributed by atoms with van der Waals surface area (Å²) in [5.74, 6) is -0.346. The lowest BCUT2D eigenvalue weighted by atomic mass is 9.70. The lowest BCUT2D eigenvalue weighted by Crippen LogP contribution is -2.43. The largest absolute Gasteiger partial charge is 0.394 e. The molecule has 3 unspecified atom stereocenters. The van der Waals surface area contributed by atoms with Crippen molar-refractivity contribution in [2.24, 2.45) is 11.3 Å². The summed E-state index contributed by atoms with van der Waals surface area (Å²) in [7, 11) is 0. The summed E-state index contributed by atoms with van der Waals surface area (Å²) in [6.45, 7) is 2.59. The SMILES string of the molecule is CC(C)(C1CC2CCC1O2)C(F)(F)F. The van der Waals surface area contributed by atoms with Gasteiger partial charge in [-0.25, -0.2) is 0 Å². The van der Waals surface area contributed by atoms with Crippen LogP contribution in [0.4, 0.5) is 13.2 Å². The Morgan fingerprint density at radius 3 is 2.14 bits per heavy atom. The van der Waals surface area contributed by atoms with Crippen molar-refractivity contribution in [3.63, 3.8) is 0 Å². The van der Waals surface area contributed by atoms with Crippen LogP contribution in [0.2, 0.25) is 0 Å². The molecular formula is C10H15F3O. The van der Waals surface area contributed by atoms with E-state index in [0.717, 1.165) is 12.8 Å². The van der Waals surface area contributed by atoms with Crippen LogP contribution in [0.15, 0.2) is 0 Å². The van der Waals surface area contributed by atoms with Crippen molar-refractivity contribution in [3.05, 3.63) is 0 Å². The summed E-state index contributed by atoms with van der Waals surface area (Å²) in [5, 5.41) is 0. The quantitative estimate of drug-likeness (QED) is 0.643. The monoisotopic (exact) mass is 208 g/mol. The van der Waals surface area contributed by atoms with Gasteiger partial charge in [0.25, 0.3) is 0 Å². The molecule has 82 valence electrons. The molecule has 0 aromatic rings. The first kappa shape index (κ1) is 10.3. The summed E-state index contributed by atoms with van der Waals surface area (Å²) in [4.78, 5) is 0. The van der Waals surface area contributed by atoms with Gasteiger partial charge in [-0.1, -0.05) is 13.8 Å². The van der Waals surface area contributed by atoms with Gasteiger partial charge in [0, 0.05) is 5.92 Å². The van der Waals surface area contributed by atoms with Gasteiger partial charge in [-0.15, -0.1) is 0 Å². The maximum Gasteiger partial charge on any atom is 0.394 e. The average Bonchev–Trinajstić information content (AvgIpc) is 2.61. The molecule has 2 saturated heterocycles. The molecule has 0 spiro atoms. The van der Waals surface area contributed by atoms with Crippen LogP contribution < -0.4 is 0 Å². The zero-order valence-corrected chi connectivity index (χ0v) is 8.40. The van der Waals surface area contributed by atoms with Crippen molar-refractivity contribution in [2.45, 2.75) is 51.5 Å². The Morgan fingerprint density at radius 2 is 1.79 bits per heavy atom. The van der Waals surface area contributed by atoms with E-state index in [2.05, 4.69) is 0 Å². The van der Waals surface area contributed by atoms with Crippen LogP contribution in [0, 0.1) is 11.3 Å². The Bertz CT molecular complexity index is 234. The Morgan fingerprint density at radius 1 is 1.14 bits per heavy atom. The maximum atomic E-state index is 12.8. The highest BCUT2D eigenvalue weighted by Crippen LogP contribution is 2.53. The zero-order valence-electron chi connectivity index (χ0n) is 8.40. The minimum atomic E-state index is -4.12. The number of rotatable bonds is 1. The van der Waals surface area contributed by atoms with E-state index in [4.69, 9.17) is 4.74 Å². The molecule has 2 aliphatic rings. The highest BCUT2D eigenvalue weighted by atomic mass is 19.4. The standard InChI is InChI=1S/C10H15F3O/c1-9(2,10(11,12)13)7-5-6-3-4-8(7)14-6/h6-8H,3-5H2,1-2H3. The van der Waals surface area contributed by atoms with Gasteiger partial charge in [0.15, 0.2) is 0 Å². The number of hydrogen-bond donors (Lipinski definition) is 0. The van der Waals surface area contributed by atoms with E-state index in [1.807, 2.05) is 0 Å². The molecule has 2 heterocycles. The van der Waals surface area contributed by atoms with E-state index in [0.29, 0.717) is 6.42 Å². The Hall–Kier alpha value is -0.250. The van der Waals surface area contributed by atoms with Crippen molar-refractivity contribution in [2.75, 3.05) is 0 Å². The molecule has 0 N–H and O–H groups in total. The van der Waals surface area contributed by atoms with Crippen LogP contribution in [-0.2, 0) is 4.74 Å². The fourth-order valence-electron chi connectivity index (χ4n) is 2.61. The first-order chi connectivity index (χ1) is 6.32. The Kier molecular flexibility index (Phi) is 2.11. The van der Waals surface area contributed by atoms with Crippen molar-refractivity contribution in [1.82, 2.24) is 0 Å². The van der Waals surface area contributed by atoms with Gasteiger partial charge >= 0.3 is 6.18 Å². The molecular weight excluding hydrogens is 193 g/mol. The first-order valence-corrected chi connectivity index (χ1v) is 5.04. The second-order valence-corrected chi connectivity index (χ2v) is 4.94. The minimum Gasteiger partial charge on any atom is -0.375 e. The Labute approximate surface area is 81.6 Å². The van der Waals surface area contributed by atoms with Crippen LogP contribution in [0.1, 0.15) is 33.1 Å². The molecule has 4 heteroatoms. The van der Waals surface area contributed by atoms with Gasteiger partial charge in [0.1, 0.15) is 0 Å². The normalized spacial score (nSPS) is 37.9. The molecule has 0 aliphatic carbocycles. The van der Waals surface area contributed by atoms with Gasteiger partial charge in [0.2, 0.25) is 0 Å². The molecule has 1 nitrogen and oxygen atoms in total. The summed E-state index contributed by atoms with van der Waals surface area (Å²) >= 11 is 0. The number of alkyl halides is 3. The minimum absolute atomic E-state index is 0.0895. The number of halogens is 3. The van der Waals surface area contributed by atoms with Gasteiger partial charge in [0.05, 0.1) is 17.6 Å². The second-order valence-electron chi connectivity index (χ2n) is 4.94. The van der Waals surface area contributed by atoms with Gasteiger partial charge in [-0.3, -0.25) is 0 Å². The molecule has 14 heavy (non-hydrogen) atoms. The molecule has 3 atom stereocenters. The van der Waals surface area contributed by atoms with Crippen LogP contribution in [-0.4, -0.2) is 18.4 Å². The number of fused-ring (bicyclic) bond motifs is 2. The van der Waals surface area contributed by atoms with Crippen LogP contribution in [0.25, 0.3) is 0 Å². The molecule has 2 fully saturated rings. The van der Waals surface area contributed by atoms with Crippen LogP contribution >= 0.6 is 0 Å². The van der Waals surface area contributed by atoms with E-state index < -0.39 is 11.6 Å². The topological polar surface area (TPSA) is 9.23 Å². The predicted molar refractivity (Wildman–Crippen MR) is 45.8 cm³/mol. The van der Waals surface area contributed by atoms with Crippen molar-refractivity contribution in [3.8, 4) is 0 Å². The summed E-state index contributed by atoms with van der Waals surface area (Å²) < 4.78 is 43.7. The van der Waals surface area contributed by atoms with E-state index >= 15 is 0 Å². The molecule has 0 amide bonds. The molecule has 2 rings (SSSR count). The Balaban J connectivity index is 2.16. The van der Waals surface area contributed by atoms with E-state index in [-0.39, 0.29) is 18.1 Å². The second kappa shape index (κ2) is 2.87. The summed E-state index contributed by atoms with van der Waals surface area (Å²) in [5.41, 5.74) is -1.60. The molecule has 0 saturated carbocycles. The lowest BCUT2D eigenvalue weighted by molar-refractivity contribution is -0.234. The van der Waals surface area contributed by atoms with Gasteiger partial charge < -0.3 is 4.74 Å². The summed E-state index contributed by atoms with van der Waals surface area (Å²) in [6.07, 6.45) is -1.87. The third-order valence-corrected chi connectivity index (χ3v) is 3.76. The molecule has 0 radical (unpaired) electrons. The van der Waals surface area contributed by atoms with E-state index in [1.54, 1.807) is 0 Å². The maximum absolute atomic E-state index is 12.8. The van der Waals surface area contributed by atoms with E-state index in [9.17, 15) is 13.2 Å². The van der Waals surface area contributed by atoms with Crippen LogP contribution in [0.5, 0.6) is 0 Å². The van der Waals surface area contributed by atoms with Gasteiger partial charge in [-0.2, -0.15) is 13.2 Å². The third kappa shape index (κ3) is 1.35. The summed E-state index contributed by atoms with van der Waals surface area (Å²) in [6, 6.07) is 0. The highest BCUT2D eigenvalue weighted by molar-refractivity contribution is 4.98. The average molecular weight is 208 g/mol. The molecule has 0 aromatic heterocycles. The fraction of sp³-hybridized carbons (Fsp3) is 1.00. The lowest BCUT2D eigenvalue weighted by Gasteiger charge is -2.37. The predicted octanol–water partition coefficient (Wildman–Crippen LogP) is 3.14. The molecule has 2 bridgehead atoms. The first-order valence-electron chi connectivity index (χ1n) is 5.04. The van der Waals surface area contributed by atoms with Gasteiger partial charge in [-0.05, 0) is 19.3 Å². The van der Waals surface area contributed by atoms with Crippen molar-refractivity contribution >= 4 is 0 Å². The van der Waals surface area contributed by atoms with Crippen LogP contribution in [0.3, 0.4) is 0 Å². The molecule has 0 aromatic carbocycles. The van der Waals surface area contributed by atoms with E-state index in [1.165, 1.54) is 13.8 Å². The zero-order chi connectivity index (χ0) is 10.6. The smallest absolute Gasteiger partial charge is 0.375 e. The highest BCUT2D eigenvalue weighted by Gasteiger charge is 2.58. The van der Waals surface area contributed by atoms with Crippen molar-refractivity contribution < 1.29 is 17.9 Å². The number of ether oxygens (including phenoxy) is 1. The fourth-order valence-corrected chi connectivity index (χ4v) is 2.61. The number of hydrogen-bond acceptors (Lipinski definition) is 1. The van der Waals surface area contributed by atoms with Crippen molar-refractivity contribution in [1.29, 1.82) is 0 Å². The molecule has 2 aliphatic heterocycles. The third-order valence-electron chi connectivity index (χ3n) is 3.76.